The van der Waals surface area contributed by atoms with Crippen LogP contribution in [0.25, 0.3) is 11.1 Å². The van der Waals surface area contributed by atoms with E-state index in [1.807, 2.05) is 18.2 Å². The molecule has 0 aliphatic carbocycles. The molecule has 0 N–H and O–H groups in total. The number of pyridine rings is 2. The van der Waals surface area contributed by atoms with Crippen molar-refractivity contribution in [3.8, 4) is 11.1 Å². The fourth-order valence-corrected chi connectivity index (χ4v) is 3.75. The Morgan fingerprint density at radius 2 is 1.87 bits per heavy atom. The first-order valence-corrected chi connectivity index (χ1v) is 9.45. The zero-order valence-electron chi connectivity index (χ0n) is 16.4. The second-order valence-electron chi connectivity index (χ2n) is 7.36. The van der Waals surface area contributed by atoms with Gasteiger partial charge in [-0.1, -0.05) is 18.2 Å². The maximum atomic E-state index is 13.8. The fourth-order valence-electron chi connectivity index (χ4n) is 3.75. The molecule has 0 unspecified atom stereocenters. The molecule has 160 valence electrons. The molecule has 1 aromatic carbocycles. The van der Waals surface area contributed by atoms with Crippen LogP contribution in [0.5, 0.6) is 0 Å². The van der Waals surface area contributed by atoms with E-state index in [9.17, 15) is 27.2 Å². The SMILES string of the molecule is CN1C(=O)CCc2cccc(-c3cncc(Cn4cc(C(F)(F)F)cc(F)c4=O)c3)c21. The van der Waals surface area contributed by atoms with E-state index in [2.05, 4.69) is 4.98 Å². The predicted octanol–water partition coefficient (Wildman–Crippen LogP) is 4.03. The van der Waals surface area contributed by atoms with Crippen LogP contribution in [-0.2, 0) is 23.9 Å². The Labute approximate surface area is 174 Å². The van der Waals surface area contributed by atoms with Gasteiger partial charge in [-0.3, -0.25) is 14.6 Å². The van der Waals surface area contributed by atoms with Gasteiger partial charge < -0.3 is 9.47 Å². The Hall–Kier alpha value is -3.49. The van der Waals surface area contributed by atoms with Crippen molar-refractivity contribution in [1.82, 2.24) is 9.55 Å². The highest BCUT2D eigenvalue weighted by atomic mass is 19.4. The van der Waals surface area contributed by atoms with Crippen LogP contribution >= 0.6 is 0 Å². The van der Waals surface area contributed by atoms with Crippen molar-refractivity contribution in [2.75, 3.05) is 11.9 Å². The molecule has 1 amide bonds. The molecule has 1 aliphatic heterocycles. The number of fused-ring (bicyclic) bond motifs is 1. The van der Waals surface area contributed by atoms with Crippen molar-refractivity contribution in [3.63, 3.8) is 0 Å². The smallest absolute Gasteiger partial charge is 0.315 e. The summed E-state index contributed by atoms with van der Waals surface area (Å²) in [6, 6.07) is 7.47. The normalized spacial score (nSPS) is 14.0. The van der Waals surface area contributed by atoms with Crippen LogP contribution in [0.3, 0.4) is 0 Å². The van der Waals surface area contributed by atoms with E-state index in [0.717, 1.165) is 16.8 Å². The van der Waals surface area contributed by atoms with Crippen LogP contribution < -0.4 is 10.5 Å². The van der Waals surface area contributed by atoms with Crippen LogP contribution in [0.4, 0.5) is 23.2 Å². The zero-order chi connectivity index (χ0) is 22.3. The van der Waals surface area contributed by atoms with Crippen LogP contribution in [-0.4, -0.2) is 22.5 Å². The molecule has 2 aromatic heterocycles. The standard InChI is InChI=1S/C22H17F4N3O2/c1-28-19(30)6-5-14-3-2-4-17(20(14)28)15-7-13(9-27-10-15)11-29-12-16(22(24,25)26)8-18(23)21(29)31/h2-4,7-10,12H,5-6,11H2,1H3. The van der Waals surface area contributed by atoms with Gasteiger partial charge in [0.25, 0.3) is 5.56 Å². The Bertz CT molecular complexity index is 1230. The Kier molecular flexibility index (Phi) is 5.12. The predicted molar refractivity (Wildman–Crippen MR) is 106 cm³/mol. The van der Waals surface area contributed by atoms with E-state index >= 15 is 0 Å². The van der Waals surface area contributed by atoms with Crippen LogP contribution in [0, 0.1) is 5.82 Å². The Morgan fingerprint density at radius 3 is 2.61 bits per heavy atom. The fraction of sp³-hybridized carbons (Fsp3) is 0.227. The third kappa shape index (κ3) is 3.95. The quantitative estimate of drug-likeness (QED) is 0.589. The number of hydrogen-bond acceptors (Lipinski definition) is 3. The van der Waals surface area contributed by atoms with Crippen LogP contribution in [0.15, 0.2) is 53.7 Å². The molecule has 9 heteroatoms. The number of aryl methyl sites for hydroxylation is 1. The number of para-hydroxylation sites is 1. The number of anilines is 1. The highest BCUT2D eigenvalue weighted by Gasteiger charge is 2.32. The van der Waals surface area contributed by atoms with E-state index in [-0.39, 0.29) is 18.5 Å². The number of benzene rings is 1. The number of nitrogens with zero attached hydrogens (tertiary/aromatic N) is 3. The molecule has 0 bridgehead atoms. The van der Waals surface area contributed by atoms with Crippen molar-refractivity contribution in [3.05, 3.63) is 81.8 Å². The molecule has 0 fully saturated rings. The van der Waals surface area contributed by atoms with Gasteiger partial charge in [0, 0.05) is 43.2 Å². The molecule has 0 saturated heterocycles. The van der Waals surface area contributed by atoms with E-state index in [1.165, 1.54) is 6.20 Å². The first kappa shape index (κ1) is 20.8. The molecule has 4 rings (SSSR count). The summed E-state index contributed by atoms with van der Waals surface area (Å²) in [6.07, 6.45) is -0.195. The summed E-state index contributed by atoms with van der Waals surface area (Å²) in [7, 11) is 1.69. The minimum absolute atomic E-state index is 0.0185. The zero-order valence-corrected chi connectivity index (χ0v) is 16.4. The first-order valence-electron chi connectivity index (χ1n) is 9.45. The van der Waals surface area contributed by atoms with Gasteiger partial charge in [-0.2, -0.15) is 13.2 Å². The summed E-state index contributed by atoms with van der Waals surface area (Å²) >= 11 is 0. The largest absolute Gasteiger partial charge is 0.417 e. The van der Waals surface area contributed by atoms with Crippen LogP contribution in [0.1, 0.15) is 23.1 Å². The number of alkyl halides is 3. The lowest BCUT2D eigenvalue weighted by atomic mass is 9.94. The molecule has 5 nitrogen and oxygen atoms in total. The number of aromatic nitrogens is 2. The molecule has 0 saturated carbocycles. The van der Waals surface area contributed by atoms with Crippen molar-refractivity contribution in [1.29, 1.82) is 0 Å². The third-order valence-corrected chi connectivity index (χ3v) is 5.27. The van der Waals surface area contributed by atoms with E-state index in [4.69, 9.17) is 0 Å². The first-order chi connectivity index (χ1) is 14.6. The number of halogens is 4. The molecule has 0 radical (unpaired) electrons. The van der Waals surface area contributed by atoms with Gasteiger partial charge in [-0.25, -0.2) is 4.39 Å². The van der Waals surface area contributed by atoms with E-state index in [0.29, 0.717) is 34.7 Å². The van der Waals surface area contributed by atoms with Gasteiger partial charge in [0.05, 0.1) is 17.8 Å². The van der Waals surface area contributed by atoms with E-state index < -0.39 is 23.1 Å². The highest BCUT2D eigenvalue weighted by Crippen LogP contribution is 2.37. The van der Waals surface area contributed by atoms with Gasteiger partial charge in [-0.15, -0.1) is 0 Å². The lowest BCUT2D eigenvalue weighted by Gasteiger charge is -2.28. The minimum atomic E-state index is -4.78. The lowest BCUT2D eigenvalue weighted by molar-refractivity contribution is -0.138. The summed E-state index contributed by atoms with van der Waals surface area (Å²) in [6.45, 7) is -0.287. The van der Waals surface area contributed by atoms with Gasteiger partial charge in [0.2, 0.25) is 5.91 Å². The van der Waals surface area contributed by atoms with Gasteiger partial charge in [0.1, 0.15) is 0 Å². The molecule has 0 spiro atoms. The Morgan fingerprint density at radius 1 is 1.10 bits per heavy atom. The molecule has 31 heavy (non-hydrogen) atoms. The van der Waals surface area contributed by atoms with Gasteiger partial charge in [0.15, 0.2) is 5.82 Å². The van der Waals surface area contributed by atoms with Gasteiger partial charge >= 0.3 is 6.18 Å². The minimum Gasteiger partial charge on any atom is -0.315 e. The van der Waals surface area contributed by atoms with Crippen molar-refractivity contribution >= 4 is 11.6 Å². The summed E-state index contributed by atoms with van der Waals surface area (Å²) < 4.78 is 53.5. The average Bonchev–Trinajstić information content (AvgIpc) is 2.73. The molecular formula is C22H17F4N3O2. The second-order valence-corrected chi connectivity index (χ2v) is 7.36. The average molecular weight is 431 g/mol. The number of carbonyl (C=O) groups excluding carboxylic acids is 1. The lowest BCUT2D eigenvalue weighted by Crippen LogP contribution is -2.31. The number of amides is 1. The third-order valence-electron chi connectivity index (χ3n) is 5.27. The molecule has 3 aromatic rings. The van der Waals surface area contributed by atoms with E-state index in [1.54, 1.807) is 24.2 Å². The molecule has 0 atom stereocenters. The summed E-state index contributed by atoms with van der Waals surface area (Å²) in [5.41, 5.74) is 1.15. The van der Waals surface area contributed by atoms with Crippen molar-refractivity contribution < 1.29 is 22.4 Å². The monoisotopic (exact) mass is 431 g/mol. The highest BCUT2D eigenvalue weighted by molar-refractivity contribution is 6.00. The summed E-state index contributed by atoms with van der Waals surface area (Å²) in [5, 5.41) is 0. The summed E-state index contributed by atoms with van der Waals surface area (Å²) in [4.78, 5) is 29.9. The maximum Gasteiger partial charge on any atom is 0.417 e. The maximum absolute atomic E-state index is 13.8. The van der Waals surface area contributed by atoms with Gasteiger partial charge in [-0.05, 0) is 29.7 Å². The number of hydrogen-bond donors (Lipinski definition) is 0. The van der Waals surface area contributed by atoms with Crippen LogP contribution in [0.2, 0.25) is 0 Å². The Balaban J connectivity index is 1.75. The summed E-state index contributed by atoms with van der Waals surface area (Å²) in [5.74, 6) is -1.49. The molecule has 3 heterocycles. The molecular weight excluding hydrogens is 414 g/mol. The van der Waals surface area contributed by atoms with Crippen molar-refractivity contribution in [2.45, 2.75) is 25.6 Å². The second kappa shape index (κ2) is 7.64. The number of carbonyl (C=O) groups is 1. The molecule has 1 aliphatic rings. The van der Waals surface area contributed by atoms with Crippen molar-refractivity contribution in [2.24, 2.45) is 0 Å². The topological polar surface area (TPSA) is 55.2 Å². The number of rotatable bonds is 3.